The lowest BCUT2D eigenvalue weighted by molar-refractivity contribution is 0.0951. The van der Waals surface area contributed by atoms with Gasteiger partial charge in [0.05, 0.1) is 12.1 Å². The molecule has 0 bridgehead atoms. The topological polar surface area (TPSA) is 46.9 Å². The molecule has 1 aromatic carbocycles. The van der Waals surface area contributed by atoms with E-state index in [9.17, 15) is 4.79 Å². The molecule has 1 aromatic heterocycles. The van der Waals surface area contributed by atoms with Crippen LogP contribution in [0.3, 0.4) is 0 Å². The molecular formula is C12H11Br2N3O. The molecule has 0 aliphatic heterocycles. The van der Waals surface area contributed by atoms with Gasteiger partial charge in [-0.1, -0.05) is 15.9 Å². The van der Waals surface area contributed by atoms with Crippen molar-refractivity contribution in [2.45, 2.75) is 6.54 Å². The fourth-order valence-electron chi connectivity index (χ4n) is 1.48. The van der Waals surface area contributed by atoms with Crippen LogP contribution in [0, 0.1) is 0 Å². The van der Waals surface area contributed by atoms with E-state index in [1.807, 2.05) is 24.4 Å². The van der Waals surface area contributed by atoms with Gasteiger partial charge in [0, 0.05) is 27.9 Å². The van der Waals surface area contributed by atoms with Gasteiger partial charge in [0.25, 0.3) is 5.91 Å². The number of benzene rings is 1. The fourth-order valence-corrected chi connectivity index (χ4v) is 2.27. The van der Waals surface area contributed by atoms with Crippen molar-refractivity contribution >= 4 is 37.8 Å². The van der Waals surface area contributed by atoms with Crippen LogP contribution >= 0.6 is 31.9 Å². The Morgan fingerprint density at radius 2 is 2.22 bits per heavy atom. The van der Waals surface area contributed by atoms with Crippen LogP contribution in [0.4, 0.5) is 0 Å². The van der Waals surface area contributed by atoms with E-state index >= 15 is 0 Å². The molecule has 1 amide bonds. The molecule has 2 rings (SSSR count). The Morgan fingerprint density at radius 1 is 1.39 bits per heavy atom. The van der Waals surface area contributed by atoms with E-state index in [1.165, 1.54) is 0 Å². The van der Waals surface area contributed by atoms with Crippen molar-refractivity contribution in [1.82, 2.24) is 15.1 Å². The van der Waals surface area contributed by atoms with Gasteiger partial charge in [-0.15, -0.1) is 0 Å². The standard InChI is InChI=1S/C12H11Br2N3O/c13-9-2-3-11(14)10(8-9)12(18)15-5-7-17-6-1-4-16-17/h1-4,6,8H,5,7H2,(H,15,18). The first-order valence-electron chi connectivity index (χ1n) is 5.37. The molecule has 0 unspecified atom stereocenters. The zero-order valence-electron chi connectivity index (χ0n) is 9.44. The third-order valence-electron chi connectivity index (χ3n) is 2.36. The highest BCUT2D eigenvalue weighted by Gasteiger charge is 2.09. The average Bonchev–Trinajstić information content (AvgIpc) is 2.85. The largest absolute Gasteiger partial charge is 0.350 e. The van der Waals surface area contributed by atoms with E-state index in [2.05, 4.69) is 42.3 Å². The molecule has 0 atom stereocenters. The minimum atomic E-state index is -0.102. The summed E-state index contributed by atoms with van der Waals surface area (Å²) in [5, 5.41) is 6.92. The first kappa shape index (κ1) is 13.3. The lowest BCUT2D eigenvalue weighted by Gasteiger charge is -2.07. The molecule has 94 valence electrons. The van der Waals surface area contributed by atoms with Crippen LogP contribution in [-0.4, -0.2) is 22.2 Å². The van der Waals surface area contributed by atoms with Gasteiger partial charge in [0.1, 0.15) is 0 Å². The second-order valence-electron chi connectivity index (χ2n) is 3.65. The van der Waals surface area contributed by atoms with Gasteiger partial charge in [-0.2, -0.15) is 5.10 Å². The maximum absolute atomic E-state index is 12.0. The molecule has 6 heteroatoms. The minimum Gasteiger partial charge on any atom is -0.350 e. The molecule has 18 heavy (non-hydrogen) atoms. The van der Waals surface area contributed by atoms with E-state index in [0.29, 0.717) is 18.7 Å². The van der Waals surface area contributed by atoms with E-state index in [1.54, 1.807) is 16.9 Å². The zero-order chi connectivity index (χ0) is 13.0. The Kier molecular flexibility index (Phi) is 4.54. The van der Waals surface area contributed by atoms with Crippen LogP contribution < -0.4 is 5.32 Å². The second-order valence-corrected chi connectivity index (χ2v) is 5.42. The molecule has 4 nitrogen and oxygen atoms in total. The third-order valence-corrected chi connectivity index (χ3v) is 3.54. The maximum atomic E-state index is 12.0. The number of carbonyl (C=O) groups excluding carboxylic acids is 1. The van der Waals surface area contributed by atoms with Gasteiger partial charge in [-0.3, -0.25) is 9.48 Å². The summed E-state index contributed by atoms with van der Waals surface area (Å²) in [6, 6.07) is 7.36. The summed E-state index contributed by atoms with van der Waals surface area (Å²) in [4.78, 5) is 12.0. The first-order chi connectivity index (χ1) is 8.66. The molecule has 1 heterocycles. The summed E-state index contributed by atoms with van der Waals surface area (Å²) in [6.07, 6.45) is 3.58. The molecule has 1 N–H and O–H groups in total. The molecule has 0 radical (unpaired) electrons. The predicted molar refractivity (Wildman–Crippen MR) is 76.4 cm³/mol. The monoisotopic (exact) mass is 371 g/mol. The third kappa shape index (κ3) is 3.43. The van der Waals surface area contributed by atoms with Gasteiger partial charge < -0.3 is 5.32 Å². The normalized spacial score (nSPS) is 10.3. The number of hydrogen-bond donors (Lipinski definition) is 1. The van der Waals surface area contributed by atoms with Gasteiger partial charge in [0.2, 0.25) is 0 Å². The fraction of sp³-hybridized carbons (Fsp3) is 0.167. The van der Waals surface area contributed by atoms with Gasteiger partial charge in [-0.25, -0.2) is 0 Å². The van der Waals surface area contributed by atoms with Crippen LogP contribution in [0.15, 0.2) is 45.6 Å². The number of nitrogens with one attached hydrogen (secondary N) is 1. The second kappa shape index (κ2) is 6.15. The van der Waals surface area contributed by atoms with Crippen molar-refractivity contribution in [3.63, 3.8) is 0 Å². The Balaban J connectivity index is 1.93. The molecule has 0 aliphatic carbocycles. The summed E-state index contributed by atoms with van der Waals surface area (Å²) in [6.45, 7) is 1.20. The van der Waals surface area contributed by atoms with Crippen LogP contribution in [0.2, 0.25) is 0 Å². The van der Waals surface area contributed by atoms with Crippen LogP contribution in [-0.2, 0) is 6.54 Å². The summed E-state index contributed by atoms with van der Waals surface area (Å²) in [5.74, 6) is -0.102. The summed E-state index contributed by atoms with van der Waals surface area (Å²) in [7, 11) is 0. The number of halogens is 2. The zero-order valence-corrected chi connectivity index (χ0v) is 12.6. The highest BCUT2D eigenvalue weighted by molar-refractivity contribution is 9.11. The highest BCUT2D eigenvalue weighted by Crippen LogP contribution is 2.21. The van der Waals surface area contributed by atoms with Crippen LogP contribution in [0.25, 0.3) is 0 Å². The van der Waals surface area contributed by atoms with E-state index < -0.39 is 0 Å². The quantitative estimate of drug-likeness (QED) is 0.896. The molecule has 0 saturated heterocycles. The summed E-state index contributed by atoms with van der Waals surface area (Å²) >= 11 is 6.71. The van der Waals surface area contributed by atoms with Crippen LogP contribution in [0.5, 0.6) is 0 Å². The average molecular weight is 373 g/mol. The number of aromatic nitrogens is 2. The lowest BCUT2D eigenvalue weighted by Crippen LogP contribution is -2.27. The minimum absolute atomic E-state index is 0.102. The predicted octanol–water partition coefficient (Wildman–Crippen LogP) is 2.84. The number of hydrogen-bond acceptors (Lipinski definition) is 2. The SMILES string of the molecule is O=C(NCCn1cccn1)c1cc(Br)ccc1Br. The number of amides is 1. The van der Waals surface area contributed by atoms with Crippen molar-refractivity contribution in [3.8, 4) is 0 Å². The van der Waals surface area contributed by atoms with Crippen molar-refractivity contribution in [2.24, 2.45) is 0 Å². The molecule has 0 aliphatic rings. The van der Waals surface area contributed by atoms with Crippen LogP contribution in [0.1, 0.15) is 10.4 Å². The number of carbonyl (C=O) groups is 1. The molecule has 0 saturated carbocycles. The first-order valence-corrected chi connectivity index (χ1v) is 6.96. The Bertz CT molecular complexity index is 540. The molecule has 2 aromatic rings. The number of nitrogens with zero attached hydrogens (tertiary/aromatic N) is 2. The summed E-state index contributed by atoms with van der Waals surface area (Å²) in [5.41, 5.74) is 0.616. The van der Waals surface area contributed by atoms with Crippen molar-refractivity contribution in [1.29, 1.82) is 0 Å². The van der Waals surface area contributed by atoms with Gasteiger partial charge >= 0.3 is 0 Å². The van der Waals surface area contributed by atoms with Crippen molar-refractivity contribution < 1.29 is 4.79 Å². The van der Waals surface area contributed by atoms with E-state index in [4.69, 9.17) is 0 Å². The lowest BCUT2D eigenvalue weighted by atomic mass is 10.2. The Labute approximate surface area is 122 Å². The van der Waals surface area contributed by atoms with E-state index in [0.717, 1.165) is 8.95 Å². The molecule has 0 fully saturated rings. The van der Waals surface area contributed by atoms with Gasteiger partial charge in [-0.05, 0) is 40.2 Å². The maximum Gasteiger partial charge on any atom is 0.252 e. The Hall–Kier alpha value is -1.14. The summed E-state index contributed by atoms with van der Waals surface area (Å²) < 4.78 is 3.43. The highest BCUT2D eigenvalue weighted by atomic mass is 79.9. The van der Waals surface area contributed by atoms with Gasteiger partial charge in [0.15, 0.2) is 0 Å². The molecule has 0 spiro atoms. The number of rotatable bonds is 4. The molecular weight excluding hydrogens is 362 g/mol. The smallest absolute Gasteiger partial charge is 0.252 e. The van der Waals surface area contributed by atoms with Crippen molar-refractivity contribution in [3.05, 3.63) is 51.2 Å². The Morgan fingerprint density at radius 3 is 2.94 bits per heavy atom. The van der Waals surface area contributed by atoms with E-state index in [-0.39, 0.29) is 5.91 Å². The van der Waals surface area contributed by atoms with Crippen molar-refractivity contribution in [2.75, 3.05) is 6.54 Å².